The monoisotopic (exact) mass is 707 g/mol. The maximum Gasteiger partial charge on any atom is 0.422 e. The normalized spacial score (nSPS) is 18.3. The third kappa shape index (κ3) is 7.15. The molecule has 1 amide bonds. The fourth-order valence-corrected chi connectivity index (χ4v) is 7.48. The molecule has 0 atom stereocenters. The molecule has 3 aliphatic heterocycles. The van der Waals surface area contributed by atoms with E-state index in [1.165, 1.54) is 0 Å². The molecule has 3 aliphatic rings. The van der Waals surface area contributed by atoms with Crippen molar-refractivity contribution in [3.63, 3.8) is 0 Å². The topological polar surface area (TPSA) is 118 Å². The summed E-state index contributed by atoms with van der Waals surface area (Å²) in [5, 5.41) is 11.8. The molecule has 7 rings (SSSR count). The maximum atomic E-state index is 13.9. The highest BCUT2D eigenvalue weighted by Crippen LogP contribution is 2.48. The molecule has 0 unspecified atom stereocenters. The molecule has 14 heteroatoms. The van der Waals surface area contributed by atoms with Gasteiger partial charge in [0.1, 0.15) is 23.0 Å². The summed E-state index contributed by atoms with van der Waals surface area (Å²) in [5.41, 5.74) is 2.88. The molecule has 2 aromatic heterocycles. The number of aromatic nitrogens is 4. The van der Waals surface area contributed by atoms with E-state index in [9.17, 15) is 18.0 Å². The van der Waals surface area contributed by atoms with Crippen molar-refractivity contribution in [2.45, 2.75) is 71.3 Å². The van der Waals surface area contributed by atoms with Crippen LogP contribution in [0.15, 0.2) is 31.0 Å². The quantitative estimate of drug-likeness (QED) is 0.209. The van der Waals surface area contributed by atoms with Gasteiger partial charge in [0.2, 0.25) is 0 Å². The Labute approximate surface area is 294 Å². The van der Waals surface area contributed by atoms with Crippen molar-refractivity contribution in [1.82, 2.24) is 30.4 Å². The Morgan fingerprint density at radius 1 is 1.08 bits per heavy atom. The molecule has 2 N–H and O–H groups in total. The number of ether oxygens (including phenoxy) is 3. The fraction of sp³-hybridized carbons (Fsp3) is 0.514. The third-order valence-electron chi connectivity index (χ3n) is 10.0. The number of aryl methyl sites for hydroxylation is 1. The van der Waals surface area contributed by atoms with Crippen molar-refractivity contribution in [2.24, 2.45) is 5.41 Å². The fourth-order valence-electron chi connectivity index (χ4n) is 7.48. The first-order valence-corrected chi connectivity index (χ1v) is 17.5. The number of amides is 1. The summed E-state index contributed by atoms with van der Waals surface area (Å²) in [7, 11) is 0. The number of alkyl halides is 3. The number of piperidine rings is 2. The minimum atomic E-state index is -4.61. The molecular formula is C37H44F3N7O4. The highest BCUT2D eigenvalue weighted by molar-refractivity contribution is 6.07. The maximum absolute atomic E-state index is 13.9. The van der Waals surface area contributed by atoms with Crippen molar-refractivity contribution < 1.29 is 32.2 Å². The first kappa shape index (κ1) is 34.8. The number of halogens is 3. The smallest absolute Gasteiger partial charge is 0.422 e. The van der Waals surface area contributed by atoms with Crippen LogP contribution in [0.25, 0.3) is 39.0 Å². The number of fused-ring (bicyclic) bond motifs is 2. The van der Waals surface area contributed by atoms with Gasteiger partial charge in [-0.2, -0.15) is 28.2 Å². The molecular weight excluding hydrogens is 663 g/mol. The van der Waals surface area contributed by atoms with Crippen LogP contribution in [-0.4, -0.2) is 94.9 Å². The number of hydrogen-bond donors (Lipinski definition) is 2. The minimum Gasteiger partial charge on any atom is -0.481 e. The molecule has 5 heterocycles. The summed E-state index contributed by atoms with van der Waals surface area (Å²) >= 11 is 0. The van der Waals surface area contributed by atoms with Crippen LogP contribution in [0.3, 0.4) is 0 Å². The van der Waals surface area contributed by atoms with Crippen molar-refractivity contribution in [3.8, 4) is 22.9 Å². The number of H-pyrrole nitrogens is 1. The lowest BCUT2D eigenvalue weighted by Crippen LogP contribution is -2.62. The lowest BCUT2D eigenvalue weighted by atomic mass is 9.72. The highest BCUT2D eigenvalue weighted by atomic mass is 19.4. The zero-order chi connectivity index (χ0) is 36.1. The van der Waals surface area contributed by atoms with Crippen molar-refractivity contribution in [1.29, 1.82) is 0 Å². The molecule has 1 spiro atoms. The third-order valence-corrected chi connectivity index (χ3v) is 10.0. The van der Waals surface area contributed by atoms with E-state index in [1.807, 2.05) is 45.9 Å². The van der Waals surface area contributed by atoms with Crippen molar-refractivity contribution in [3.05, 3.63) is 42.1 Å². The van der Waals surface area contributed by atoms with Crippen LogP contribution < -0.4 is 19.7 Å². The summed E-state index contributed by atoms with van der Waals surface area (Å²) in [5.74, 6) is 0.544. The minimum absolute atomic E-state index is 0.0178. The van der Waals surface area contributed by atoms with Gasteiger partial charge < -0.3 is 29.3 Å². The van der Waals surface area contributed by atoms with Gasteiger partial charge >= 0.3 is 18.3 Å². The summed E-state index contributed by atoms with van der Waals surface area (Å²) < 4.78 is 59.4. The number of rotatable bonds is 7. The highest BCUT2D eigenvalue weighted by Gasteiger charge is 2.48. The van der Waals surface area contributed by atoms with Gasteiger partial charge in [0.25, 0.3) is 0 Å². The number of nitrogens with zero attached hydrogens (tertiary/aromatic N) is 5. The van der Waals surface area contributed by atoms with Crippen LogP contribution in [0.4, 0.5) is 23.8 Å². The molecule has 11 nitrogen and oxygen atoms in total. The molecule has 0 aliphatic carbocycles. The second-order valence-corrected chi connectivity index (χ2v) is 15.0. The molecule has 3 fully saturated rings. The van der Waals surface area contributed by atoms with Crippen LogP contribution in [0.2, 0.25) is 0 Å². The Kier molecular flexibility index (Phi) is 9.01. The lowest BCUT2D eigenvalue weighted by Gasteiger charge is -2.53. The number of likely N-dealkylation sites (tertiary alicyclic amines) is 1. The molecule has 3 saturated heterocycles. The molecule has 272 valence electrons. The number of nitrogens with one attached hydrogen (secondary N) is 2. The number of hydrogen-bond acceptors (Lipinski definition) is 9. The summed E-state index contributed by atoms with van der Waals surface area (Å²) in [6.45, 7) is 14.0. The number of benzene rings is 2. The van der Waals surface area contributed by atoms with E-state index in [1.54, 1.807) is 17.2 Å². The van der Waals surface area contributed by atoms with E-state index < -0.39 is 18.4 Å². The van der Waals surface area contributed by atoms with Gasteiger partial charge in [-0.05, 0) is 95.3 Å². The Bertz CT molecular complexity index is 1950. The van der Waals surface area contributed by atoms with Crippen LogP contribution in [-0.2, 0) is 4.74 Å². The average molecular weight is 708 g/mol. The Balaban J connectivity index is 1.32. The van der Waals surface area contributed by atoms with Crippen molar-refractivity contribution >= 4 is 39.8 Å². The lowest BCUT2D eigenvalue weighted by molar-refractivity contribution is -0.153. The predicted octanol–water partition coefficient (Wildman–Crippen LogP) is 7.03. The largest absolute Gasteiger partial charge is 0.481 e. The molecule has 51 heavy (non-hydrogen) atoms. The van der Waals surface area contributed by atoms with Gasteiger partial charge in [0, 0.05) is 47.9 Å². The number of carbonyl (C=O) groups excluding carboxylic acids is 1. The van der Waals surface area contributed by atoms with Crippen LogP contribution >= 0.6 is 0 Å². The number of anilines is 1. The van der Waals surface area contributed by atoms with Crippen molar-refractivity contribution in [2.75, 3.05) is 50.8 Å². The van der Waals surface area contributed by atoms with E-state index in [4.69, 9.17) is 24.2 Å². The molecule has 0 saturated carbocycles. The van der Waals surface area contributed by atoms with Gasteiger partial charge in [-0.1, -0.05) is 18.7 Å². The molecule has 0 radical (unpaired) electrons. The summed E-state index contributed by atoms with van der Waals surface area (Å²) in [4.78, 5) is 26.3. The van der Waals surface area contributed by atoms with E-state index in [0.29, 0.717) is 54.1 Å². The first-order chi connectivity index (χ1) is 24.2. The molecule has 2 aromatic carbocycles. The standard InChI is InChI=1S/C37H44F3N7O4/c1-6-23-17-25-30(31(49-21-37(38,39)40)29(23)28-22(2)7-8-27-26(28)18-42-45-27)43-33(50-24-9-13-41-14-10-24)44-32(25)46-15-11-36(12-16-46)19-47(20-36)34(48)51-35(3,4)5/h6-8,17-18,24,41H,1,9-16,19-21H2,2-5H3,(H,42,45). The second kappa shape index (κ2) is 13.2. The van der Waals surface area contributed by atoms with Gasteiger partial charge in [-0.3, -0.25) is 5.10 Å². The zero-order valence-corrected chi connectivity index (χ0v) is 29.5. The summed E-state index contributed by atoms with van der Waals surface area (Å²) in [6, 6.07) is 5.76. The molecule has 0 bridgehead atoms. The number of aromatic amines is 1. The predicted molar refractivity (Wildman–Crippen MR) is 189 cm³/mol. The summed E-state index contributed by atoms with van der Waals surface area (Å²) in [6.07, 6.45) is 1.32. The van der Waals surface area contributed by atoms with Gasteiger partial charge in [0.05, 0.1) is 11.7 Å². The Hall–Kier alpha value is -4.59. The van der Waals surface area contributed by atoms with Crippen LogP contribution in [0.1, 0.15) is 57.6 Å². The zero-order valence-electron chi connectivity index (χ0n) is 29.5. The second-order valence-electron chi connectivity index (χ2n) is 15.0. The van der Waals surface area contributed by atoms with E-state index in [2.05, 4.69) is 27.0 Å². The molecule has 4 aromatic rings. The van der Waals surface area contributed by atoms with Crippen LogP contribution in [0, 0.1) is 12.3 Å². The van der Waals surface area contributed by atoms with Gasteiger partial charge in [-0.15, -0.1) is 0 Å². The number of carbonyl (C=O) groups is 1. The Morgan fingerprint density at radius 2 is 1.80 bits per heavy atom. The average Bonchev–Trinajstić information content (AvgIpc) is 3.54. The van der Waals surface area contributed by atoms with E-state index in [-0.39, 0.29) is 34.9 Å². The van der Waals surface area contributed by atoms with E-state index >= 15 is 0 Å². The Morgan fingerprint density at radius 3 is 2.47 bits per heavy atom. The van der Waals surface area contributed by atoms with Gasteiger partial charge in [0.15, 0.2) is 12.4 Å². The van der Waals surface area contributed by atoms with Gasteiger partial charge in [-0.25, -0.2) is 4.79 Å². The SMILES string of the molecule is C=Cc1cc2c(N3CCC4(CC3)CN(C(=O)OC(C)(C)C)C4)nc(OC3CCNCC3)nc2c(OCC(F)(F)F)c1-c1c(C)ccc2[nH]ncc12. The van der Waals surface area contributed by atoms with E-state index in [0.717, 1.165) is 55.2 Å². The van der Waals surface area contributed by atoms with Crippen LogP contribution in [0.5, 0.6) is 11.8 Å². The first-order valence-electron chi connectivity index (χ1n) is 17.5.